The van der Waals surface area contributed by atoms with Crippen LogP contribution in [0.15, 0.2) is 17.0 Å². The van der Waals surface area contributed by atoms with Crippen molar-refractivity contribution in [2.24, 2.45) is 0 Å². The van der Waals surface area contributed by atoms with Gasteiger partial charge in [-0.2, -0.15) is 0 Å². The maximum Gasteiger partial charge on any atom is 0.339 e. The van der Waals surface area contributed by atoms with E-state index in [1.54, 1.807) is 6.92 Å². The number of hydrogen-bond donors (Lipinski definition) is 3. The Bertz CT molecular complexity index is 640. The van der Waals surface area contributed by atoms with E-state index in [9.17, 15) is 18.3 Å². The molecule has 0 aliphatic heterocycles. The normalized spacial score (nSPS) is 13.4. The van der Waals surface area contributed by atoms with Gasteiger partial charge in [0.2, 0.25) is 10.0 Å². The minimum Gasteiger partial charge on any atom is -0.507 e. The van der Waals surface area contributed by atoms with Crippen molar-refractivity contribution in [3.63, 3.8) is 0 Å². The van der Waals surface area contributed by atoms with Crippen molar-refractivity contribution in [1.82, 2.24) is 9.62 Å². The van der Waals surface area contributed by atoms with E-state index in [0.29, 0.717) is 6.54 Å². The van der Waals surface area contributed by atoms with Crippen molar-refractivity contribution in [3.8, 4) is 5.75 Å². The number of nitrogens with one attached hydrogen (secondary N) is 1. The Morgan fingerprint density at radius 2 is 1.95 bits per heavy atom. The first-order valence-electron chi connectivity index (χ1n) is 6.28. The van der Waals surface area contributed by atoms with Crippen molar-refractivity contribution < 1.29 is 23.4 Å². The molecule has 1 aromatic carbocycles. The van der Waals surface area contributed by atoms with E-state index in [4.69, 9.17) is 5.11 Å². The fourth-order valence-electron chi connectivity index (χ4n) is 2.05. The van der Waals surface area contributed by atoms with Crippen molar-refractivity contribution >= 4 is 16.0 Å². The summed E-state index contributed by atoms with van der Waals surface area (Å²) in [5, 5.41) is 18.5. The summed E-state index contributed by atoms with van der Waals surface area (Å²) in [7, 11) is -0.223. The minimum atomic E-state index is -3.86. The Morgan fingerprint density at radius 1 is 1.38 bits per heavy atom. The lowest BCUT2D eigenvalue weighted by molar-refractivity contribution is 0.0693. The molecule has 0 saturated heterocycles. The second kappa shape index (κ2) is 6.42. The number of sulfonamides is 1. The Balaban J connectivity index is 3.19. The van der Waals surface area contributed by atoms with Crippen molar-refractivity contribution in [1.29, 1.82) is 0 Å². The van der Waals surface area contributed by atoms with Crippen LogP contribution in [0, 0.1) is 6.92 Å². The van der Waals surface area contributed by atoms with Crippen molar-refractivity contribution in [2.75, 3.05) is 20.6 Å². The Hall–Kier alpha value is -1.64. The highest BCUT2D eigenvalue weighted by Crippen LogP contribution is 2.25. The zero-order valence-electron chi connectivity index (χ0n) is 12.4. The summed E-state index contributed by atoms with van der Waals surface area (Å²) in [6, 6.07) is 1.76. The summed E-state index contributed by atoms with van der Waals surface area (Å²) >= 11 is 0. The van der Waals surface area contributed by atoms with Gasteiger partial charge in [0.15, 0.2) is 0 Å². The molecule has 1 rings (SSSR count). The number of phenols is 1. The number of benzene rings is 1. The number of rotatable bonds is 6. The standard InChI is InChI=1S/C13H20N2O5S/c1-8-5-11(16)10(13(17)18)6-12(8)21(19,20)14-9(2)7-15(3)4/h5-6,9,14,16H,7H2,1-4H3,(H,17,18). The van der Waals surface area contributed by atoms with Gasteiger partial charge in [0.1, 0.15) is 11.3 Å². The van der Waals surface area contributed by atoms with E-state index in [1.807, 2.05) is 19.0 Å². The number of carbonyl (C=O) groups is 1. The van der Waals surface area contributed by atoms with Gasteiger partial charge in [-0.3, -0.25) is 0 Å². The van der Waals surface area contributed by atoms with Crippen LogP contribution < -0.4 is 4.72 Å². The van der Waals surface area contributed by atoms with E-state index < -0.39 is 27.3 Å². The lowest BCUT2D eigenvalue weighted by atomic mass is 10.1. The summed E-state index contributed by atoms with van der Waals surface area (Å²) in [6.07, 6.45) is 0. The van der Waals surface area contributed by atoms with Crippen molar-refractivity contribution in [2.45, 2.75) is 24.8 Å². The van der Waals surface area contributed by atoms with E-state index in [0.717, 1.165) is 12.1 Å². The highest BCUT2D eigenvalue weighted by atomic mass is 32.2. The molecular weight excluding hydrogens is 296 g/mol. The molecule has 0 aromatic heterocycles. The monoisotopic (exact) mass is 316 g/mol. The topological polar surface area (TPSA) is 107 Å². The van der Waals surface area contributed by atoms with Gasteiger partial charge in [0, 0.05) is 12.6 Å². The third-order valence-corrected chi connectivity index (χ3v) is 4.54. The van der Waals surface area contributed by atoms with Crippen molar-refractivity contribution in [3.05, 3.63) is 23.3 Å². The Morgan fingerprint density at radius 3 is 2.43 bits per heavy atom. The van der Waals surface area contributed by atoms with Gasteiger partial charge in [-0.1, -0.05) is 0 Å². The predicted molar refractivity (Wildman–Crippen MR) is 78.1 cm³/mol. The van der Waals surface area contributed by atoms with Gasteiger partial charge in [-0.05, 0) is 45.6 Å². The van der Waals surface area contributed by atoms with Gasteiger partial charge < -0.3 is 15.1 Å². The quantitative estimate of drug-likeness (QED) is 0.710. The number of aromatic hydroxyl groups is 1. The molecule has 7 nitrogen and oxygen atoms in total. The molecule has 21 heavy (non-hydrogen) atoms. The van der Waals surface area contributed by atoms with Gasteiger partial charge in [-0.15, -0.1) is 0 Å². The summed E-state index contributed by atoms with van der Waals surface area (Å²) in [6.45, 7) is 3.71. The van der Waals surface area contributed by atoms with Crippen LogP contribution in [-0.4, -0.2) is 56.2 Å². The Kier molecular flexibility index (Phi) is 5.32. The number of carboxylic acid groups (broad SMARTS) is 1. The van der Waals surface area contributed by atoms with Gasteiger partial charge in [-0.25, -0.2) is 17.9 Å². The minimum absolute atomic E-state index is 0.150. The fourth-order valence-corrected chi connectivity index (χ4v) is 3.53. The summed E-state index contributed by atoms with van der Waals surface area (Å²) in [4.78, 5) is 12.7. The van der Waals surface area contributed by atoms with Gasteiger partial charge >= 0.3 is 5.97 Å². The second-order valence-electron chi connectivity index (χ2n) is 5.22. The average molecular weight is 316 g/mol. The molecule has 0 radical (unpaired) electrons. The maximum atomic E-state index is 12.3. The number of nitrogens with zero attached hydrogens (tertiary/aromatic N) is 1. The lowest BCUT2D eigenvalue weighted by Crippen LogP contribution is -2.39. The smallest absolute Gasteiger partial charge is 0.339 e. The SMILES string of the molecule is Cc1cc(O)c(C(=O)O)cc1S(=O)(=O)NC(C)CN(C)C. The first-order valence-corrected chi connectivity index (χ1v) is 7.77. The van der Waals surface area contributed by atoms with Crippen LogP contribution in [0.1, 0.15) is 22.8 Å². The van der Waals surface area contributed by atoms with Crippen LogP contribution >= 0.6 is 0 Å². The van der Waals surface area contributed by atoms with E-state index in [1.165, 1.54) is 6.92 Å². The third-order valence-electron chi connectivity index (χ3n) is 2.81. The maximum absolute atomic E-state index is 12.3. The van der Waals surface area contributed by atoms with Crippen LogP contribution in [0.25, 0.3) is 0 Å². The molecule has 0 amide bonds. The average Bonchev–Trinajstić information content (AvgIpc) is 2.25. The summed E-state index contributed by atoms with van der Waals surface area (Å²) in [5.41, 5.74) is -0.164. The van der Waals surface area contributed by atoms with E-state index in [2.05, 4.69) is 4.72 Å². The largest absolute Gasteiger partial charge is 0.507 e. The molecule has 118 valence electrons. The molecule has 1 aromatic rings. The van der Waals surface area contributed by atoms with E-state index >= 15 is 0 Å². The van der Waals surface area contributed by atoms with Crippen LogP contribution in [0.2, 0.25) is 0 Å². The highest BCUT2D eigenvalue weighted by molar-refractivity contribution is 7.89. The first kappa shape index (κ1) is 17.4. The number of aryl methyl sites for hydroxylation is 1. The van der Waals surface area contributed by atoms with Crippen LogP contribution in [0.5, 0.6) is 5.75 Å². The molecule has 3 N–H and O–H groups in total. The zero-order chi connectivity index (χ0) is 16.4. The molecule has 0 aliphatic carbocycles. The second-order valence-corrected chi connectivity index (χ2v) is 6.91. The van der Waals surface area contributed by atoms with Crippen LogP contribution in [-0.2, 0) is 10.0 Å². The zero-order valence-corrected chi connectivity index (χ0v) is 13.2. The summed E-state index contributed by atoms with van der Waals surface area (Å²) < 4.78 is 27.1. The molecule has 0 saturated carbocycles. The molecule has 0 spiro atoms. The molecule has 0 aliphatic rings. The number of likely N-dealkylation sites (N-methyl/N-ethyl adjacent to an activating group) is 1. The molecule has 0 fully saturated rings. The number of carboxylic acids is 1. The molecular formula is C13H20N2O5S. The van der Waals surface area contributed by atoms with E-state index in [-0.39, 0.29) is 16.5 Å². The first-order chi connectivity index (χ1) is 9.54. The summed E-state index contributed by atoms with van der Waals surface area (Å²) in [5.74, 6) is -1.84. The number of hydrogen-bond acceptors (Lipinski definition) is 5. The molecule has 1 atom stereocenters. The highest BCUT2D eigenvalue weighted by Gasteiger charge is 2.23. The molecule has 0 heterocycles. The molecule has 1 unspecified atom stereocenters. The third kappa shape index (κ3) is 4.42. The fraction of sp³-hybridized carbons (Fsp3) is 0.462. The number of aromatic carboxylic acids is 1. The predicted octanol–water partition coefficient (Wildman–Crippen LogP) is 0.627. The van der Waals surface area contributed by atoms with Crippen LogP contribution in [0.3, 0.4) is 0 Å². The van der Waals surface area contributed by atoms with Gasteiger partial charge in [0.05, 0.1) is 4.90 Å². The van der Waals surface area contributed by atoms with Crippen LogP contribution in [0.4, 0.5) is 0 Å². The Labute approximate surface area is 124 Å². The molecule has 0 bridgehead atoms. The lowest BCUT2D eigenvalue weighted by Gasteiger charge is -2.19. The molecule has 8 heteroatoms. The van der Waals surface area contributed by atoms with Gasteiger partial charge in [0.25, 0.3) is 0 Å².